The van der Waals surface area contributed by atoms with Crippen molar-refractivity contribution >= 4 is 35.1 Å². The topological polar surface area (TPSA) is 66.2 Å². The van der Waals surface area contributed by atoms with E-state index in [9.17, 15) is 0 Å². The van der Waals surface area contributed by atoms with Crippen molar-refractivity contribution in [1.29, 1.82) is 0 Å². The smallest absolute Gasteiger partial charge is 0.423 e. The Bertz CT molecular complexity index is 403. The molecule has 2 heterocycles. The molecule has 0 atom stereocenters. The second kappa shape index (κ2) is 2.82. The van der Waals surface area contributed by atoms with Crippen LogP contribution in [0.1, 0.15) is 0 Å². The largest absolute Gasteiger partial charge is 0.490 e. The minimum atomic E-state index is -1.47. The highest BCUT2D eigenvalue weighted by atomic mass is 32.1. The molecule has 0 unspecified atom stereocenters. The summed E-state index contributed by atoms with van der Waals surface area (Å²) in [5.74, 6) is 0. The highest BCUT2D eigenvalue weighted by Gasteiger charge is 2.12. The van der Waals surface area contributed by atoms with Gasteiger partial charge in [0.15, 0.2) is 0 Å². The second-order valence-electron chi connectivity index (χ2n) is 2.36. The number of hydrogen-bond acceptors (Lipinski definition) is 5. The number of fused-ring (bicyclic) bond motifs is 1. The maximum atomic E-state index is 8.81. The maximum Gasteiger partial charge on any atom is 0.490 e. The predicted octanol–water partition coefficient (Wildman–Crippen LogP) is -0.629. The van der Waals surface area contributed by atoms with E-state index in [1.807, 2.05) is 5.38 Å². The Labute approximate surface area is 72.8 Å². The van der Waals surface area contributed by atoms with Crippen molar-refractivity contribution in [1.82, 2.24) is 9.36 Å². The molecule has 4 nitrogen and oxygen atoms in total. The van der Waals surface area contributed by atoms with Crippen LogP contribution in [0, 0.1) is 0 Å². The molecule has 0 aliphatic rings. The van der Waals surface area contributed by atoms with Crippen LogP contribution in [0.4, 0.5) is 0 Å². The third-order valence-corrected chi connectivity index (χ3v) is 2.16. The third-order valence-electron chi connectivity index (χ3n) is 1.53. The molecule has 6 heteroatoms. The fourth-order valence-corrected chi connectivity index (χ4v) is 1.51. The molecular weight excluding hydrogens is 175 g/mol. The summed E-state index contributed by atoms with van der Waals surface area (Å²) in [4.78, 5) is 3.99. The van der Waals surface area contributed by atoms with Gasteiger partial charge in [-0.05, 0) is 17.6 Å². The Morgan fingerprint density at radius 3 is 2.92 bits per heavy atom. The van der Waals surface area contributed by atoms with Gasteiger partial charge in [0.1, 0.15) is 11.0 Å². The van der Waals surface area contributed by atoms with Crippen LogP contribution in [0.3, 0.4) is 0 Å². The van der Waals surface area contributed by atoms with Gasteiger partial charge in [-0.2, -0.15) is 4.37 Å². The SMILES string of the molecule is OB(O)c1cnc2csnc2c1. The Morgan fingerprint density at radius 1 is 1.33 bits per heavy atom. The number of hydrogen-bond donors (Lipinski definition) is 2. The van der Waals surface area contributed by atoms with Crippen molar-refractivity contribution in [3.63, 3.8) is 0 Å². The quantitative estimate of drug-likeness (QED) is 0.573. The van der Waals surface area contributed by atoms with E-state index in [0.29, 0.717) is 11.0 Å². The molecule has 12 heavy (non-hydrogen) atoms. The predicted molar refractivity (Wildman–Crippen MR) is 47.2 cm³/mol. The molecular formula is C6H5BN2O2S. The molecule has 0 aliphatic carbocycles. The van der Waals surface area contributed by atoms with Gasteiger partial charge in [-0.15, -0.1) is 0 Å². The van der Waals surface area contributed by atoms with Crippen LogP contribution in [-0.2, 0) is 0 Å². The minimum absolute atomic E-state index is 0.369. The van der Waals surface area contributed by atoms with E-state index < -0.39 is 7.12 Å². The van der Waals surface area contributed by atoms with Crippen LogP contribution in [0.2, 0.25) is 0 Å². The van der Waals surface area contributed by atoms with Gasteiger partial charge in [0.25, 0.3) is 0 Å². The zero-order chi connectivity index (χ0) is 8.55. The Hall–Kier alpha value is -0.975. The summed E-state index contributed by atoms with van der Waals surface area (Å²) in [5, 5.41) is 19.4. The Balaban J connectivity index is 2.60. The van der Waals surface area contributed by atoms with E-state index in [1.165, 1.54) is 17.7 Å². The molecule has 0 aliphatic heterocycles. The van der Waals surface area contributed by atoms with E-state index in [2.05, 4.69) is 9.36 Å². The highest BCUT2D eigenvalue weighted by molar-refractivity contribution is 7.04. The molecule has 0 saturated heterocycles. The molecule has 0 fully saturated rings. The first-order valence-electron chi connectivity index (χ1n) is 3.33. The second-order valence-corrected chi connectivity index (χ2v) is 2.99. The molecule has 2 aromatic heterocycles. The molecule has 0 saturated carbocycles. The van der Waals surface area contributed by atoms with Crippen molar-refractivity contribution in [2.45, 2.75) is 0 Å². The summed E-state index contributed by atoms with van der Waals surface area (Å²) < 4.78 is 4.02. The molecule has 0 spiro atoms. The van der Waals surface area contributed by atoms with Crippen LogP contribution in [0.25, 0.3) is 11.0 Å². The number of aromatic nitrogens is 2. The van der Waals surface area contributed by atoms with Gasteiger partial charge in [-0.25, -0.2) is 0 Å². The van der Waals surface area contributed by atoms with Crippen molar-refractivity contribution in [3.8, 4) is 0 Å². The van der Waals surface area contributed by atoms with E-state index >= 15 is 0 Å². The zero-order valence-corrected chi connectivity index (χ0v) is 6.82. The summed E-state index contributed by atoms with van der Waals surface area (Å²) in [6, 6.07) is 1.61. The van der Waals surface area contributed by atoms with Gasteiger partial charge in [0, 0.05) is 17.0 Å². The lowest BCUT2D eigenvalue weighted by Gasteiger charge is -1.96. The Kier molecular flexibility index (Phi) is 1.80. The normalized spacial score (nSPS) is 10.5. The fourth-order valence-electron chi connectivity index (χ4n) is 0.917. The van der Waals surface area contributed by atoms with Crippen molar-refractivity contribution in [2.75, 3.05) is 0 Å². The maximum absolute atomic E-state index is 8.81. The fraction of sp³-hybridized carbons (Fsp3) is 0. The van der Waals surface area contributed by atoms with Crippen LogP contribution in [0.5, 0.6) is 0 Å². The summed E-state index contributed by atoms with van der Waals surface area (Å²) in [5.41, 5.74) is 1.85. The van der Waals surface area contributed by atoms with Gasteiger partial charge in [0.2, 0.25) is 0 Å². The zero-order valence-electron chi connectivity index (χ0n) is 6.01. The highest BCUT2D eigenvalue weighted by Crippen LogP contribution is 2.09. The van der Waals surface area contributed by atoms with E-state index in [4.69, 9.17) is 10.0 Å². The van der Waals surface area contributed by atoms with Crippen molar-refractivity contribution < 1.29 is 10.0 Å². The lowest BCUT2D eigenvalue weighted by Crippen LogP contribution is -2.29. The standard InChI is InChI=1S/C6H5BN2O2S/c10-7(11)4-1-5-6(8-2-4)3-12-9-5/h1-3,10-11H. The molecule has 0 aromatic carbocycles. The summed E-state index contributed by atoms with van der Waals surface area (Å²) in [7, 11) is -1.47. The average molecular weight is 180 g/mol. The van der Waals surface area contributed by atoms with Crippen molar-refractivity contribution in [3.05, 3.63) is 17.6 Å². The van der Waals surface area contributed by atoms with Crippen LogP contribution in [0.15, 0.2) is 17.6 Å². The van der Waals surface area contributed by atoms with Crippen LogP contribution in [-0.4, -0.2) is 26.5 Å². The van der Waals surface area contributed by atoms with Gasteiger partial charge < -0.3 is 10.0 Å². The molecule has 2 N–H and O–H groups in total. The van der Waals surface area contributed by atoms with E-state index in [0.717, 1.165) is 5.52 Å². The molecule has 0 amide bonds. The van der Waals surface area contributed by atoms with E-state index in [-0.39, 0.29) is 0 Å². The lowest BCUT2D eigenvalue weighted by atomic mass is 9.81. The summed E-state index contributed by atoms with van der Waals surface area (Å²) in [6.45, 7) is 0. The molecule has 60 valence electrons. The first-order chi connectivity index (χ1) is 5.77. The summed E-state index contributed by atoms with van der Waals surface area (Å²) in [6.07, 6.45) is 1.43. The van der Waals surface area contributed by atoms with Gasteiger partial charge in [0.05, 0.1) is 0 Å². The van der Waals surface area contributed by atoms with Gasteiger partial charge >= 0.3 is 7.12 Å². The Morgan fingerprint density at radius 2 is 2.17 bits per heavy atom. The monoisotopic (exact) mass is 180 g/mol. The van der Waals surface area contributed by atoms with Crippen molar-refractivity contribution in [2.24, 2.45) is 0 Å². The average Bonchev–Trinajstić information content (AvgIpc) is 2.49. The first-order valence-corrected chi connectivity index (χ1v) is 4.17. The van der Waals surface area contributed by atoms with Gasteiger partial charge in [-0.1, -0.05) is 0 Å². The van der Waals surface area contributed by atoms with E-state index in [1.54, 1.807) is 6.07 Å². The molecule has 2 aromatic rings. The van der Waals surface area contributed by atoms with Gasteiger partial charge in [-0.3, -0.25) is 4.98 Å². The number of pyridine rings is 1. The third kappa shape index (κ3) is 1.20. The molecule has 0 bridgehead atoms. The summed E-state index contributed by atoms with van der Waals surface area (Å²) >= 11 is 1.30. The van der Waals surface area contributed by atoms with Crippen LogP contribution < -0.4 is 5.46 Å². The number of rotatable bonds is 1. The molecule has 0 radical (unpaired) electrons. The molecule has 2 rings (SSSR count). The number of nitrogens with zero attached hydrogens (tertiary/aromatic N) is 2. The minimum Gasteiger partial charge on any atom is -0.423 e. The first kappa shape index (κ1) is 7.66. The van der Waals surface area contributed by atoms with Crippen LogP contribution >= 0.6 is 11.5 Å². The lowest BCUT2D eigenvalue weighted by molar-refractivity contribution is 0.425.